The average Bonchev–Trinajstić information content (AvgIpc) is 3.11. The van der Waals surface area contributed by atoms with Crippen molar-refractivity contribution in [2.45, 2.75) is 70.8 Å². The van der Waals surface area contributed by atoms with Gasteiger partial charge in [0.2, 0.25) is 0 Å². The molecule has 29 heavy (non-hydrogen) atoms. The monoisotopic (exact) mass is 537 g/mol. The standard InChI is InChI=1S/C21H35N3O3S.HI/c1-6-22-20(24-15-21(3,4)28(5,25)26)23-14-17-12-11-16(2)13-19(17)27-18-9-7-8-10-18;/h11-13,18H,6-10,14-15H2,1-5H3,(H2,22,23,24);1H. The first-order valence-corrected chi connectivity index (χ1v) is 12.0. The first kappa shape index (κ1) is 26.0. The molecule has 1 aromatic carbocycles. The van der Waals surface area contributed by atoms with Crippen LogP contribution in [0.25, 0.3) is 0 Å². The lowest BCUT2D eigenvalue weighted by atomic mass is 10.1. The van der Waals surface area contributed by atoms with Crippen LogP contribution >= 0.6 is 24.0 Å². The minimum absolute atomic E-state index is 0. The van der Waals surface area contributed by atoms with Gasteiger partial charge in [-0.05, 0) is 65.0 Å². The Balaban J connectivity index is 0.00000420. The number of hydrogen-bond donors (Lipinski definition) is 2. The van der Waals surface area contributed by atoms with E-state index in [0.29, 0.717) is 25.2 Å². The molecule has 0 unspecified atom stereocenters. The zero-order chi connectivity index (χ0) is 20.8. The van der Waals surface area contributed by atoms with Gasteiger partial charge >= 0.3 is 0 Å². The lowest BCUT2D eigenvalue weighted by molar-refractivity contribution is 0.208. The largest absolute Gasteiger partial charge is 0.490 e. The van der Waals surface area contributed by atoms with E-state index in [-0.39, 0.29) is 30.5 Å². The van der Waals surface area contributed by atoms with Gasteiger partial charge in [0.05, 0.1) is 17.4 Å². The number of nitrogens with one attached hydrogen (secondary N) is 2. The molecule has 0 amide bonds. The second-order valence-electron chi connectivity index (χ2n) is 8.22. The predicted molar refractivity (Wildman–Crippen MR) is 131 cm³/mol. The van der Waals surface area contributed by atoms with Crippen molar-refractivity contribution in [1.82, 2.24) is 10.6 Å². The summed E-state index contributed by atoms with van der Waals surface area (Å²) in [6, 6.07) is 6.21. The summed E-state index contributed by atoms with van der Waals surface area (Å²) in [6.45, 7) is 8.93. The molecule has 1 aliphatic carbocycles. The smallest absolute Gasteiger partial charge is 0.191 e. The fourth-order valence-electron chi connectivity index (χ4n) is 3.02. The van der Waals surface area contributed by atoms with E-state index in [4.69, 9.17) is 4.74 Å². The molecule has 0 radical (unpaired) electrons. The summed E-state index contributed by atoms with van der Waals surface area (Å²) >= 11 is 0. The molecule has 1 saturated carbocycles. The minimum Gasteiger partial charge on any atom is -0.490 e. The molecule has 166 valence electrons. The number of hydrogen-bond acceptors (Lipinski definition) is 4. The molecule has 0 bridgehead atoms. The average molecular weight is 538 g/mol. The van der Waals surface area contributed by atoms with Gasteiger partial charge in [0.1, 0.15) is 5.75 Å². The summed E-state index contributed by atoms with van der Waals surface area (Å²) in [7, 11) is -3.17. The molecule has 1 aliphatic rings. The maximum absolute atomic E-state index is 11.9. The molecular weight excluding hydrogens is 501 g/mol. The molecule has 0 atom stereocenters. The van der Waals surface area contributed by atoms with Crippen LogP contribution in [0.3, 0.4) is 0 Å². The Kier molecular flexibility index (Phi) is 10.2. The van der Waals surface area contributed by atoms with Gasteiger partial charge in [0, 0.05) is 24.9 Å². The van der Waals surface area contributed by atoms with E-state index in [1.54, 1.807) is 13.8 Å². The van der Waals surface area contributed by atoms with Gasteiger partial charge in [-0.3, -0.25) is 0 Å². The van der Waals surface area contributed by atoms with Crippen LogP contribution in [0.4, 0.5) is 0 Å². The van der Waals surface area contributed by atoms with Gasteiger partial charge in [-0.1, -0.05) is 12.1 Å². The molecule has 1 fully saturated rings. The Morgan fingerprint density at radius 1 is 1.24 bits per heavy atom. The van der Waals surface area contributed by atoms with Crippen molar-refractivity contribution in [3.8, 4) is 5.75 Å². The quantitative estimate of drug-likeness (QED) is 0.300. The summed E-state index contributed by atoms with van der Waals surface area (Å²) in [6.07, 6.45) is 6.25. The second-order valence-corrected chi connectivity index (χ2v) is 10.9. The maximum Gasteiger partial charge on any atom is 0.191 e. The Labute approximate surface area is 193 Å². The highest BCUT2D eigenvalue weighted by molar-refractivity contribution is 14.0. The summed E-state index contributed by atoms with van der Waals surface area (Å²) in [4.78, 5) is 4.65. The molecule has 0 aromatic heterocycles. The molecule has 0 aliphatic heterocycles. The predicted octanol–water partition coefficient (Wildman–Crippen LogP) is 3.81. The number of nitrogens with zero attached hydrogens (tertiary/aromatic N) is 1. The van der Waals surface area contributed by atoms with Gasteiger partial charge in [-0.15, -0.1) is 24.0 Å². The summed E-state index contributed by atoms with van der Waals surface area (Å²) in [5, 5.41) is 6.34. The number of halogens is 1. The fraction of sp³-hybridized carbons (Fsp3) is 0.667. The van der Waals surface area contributed by atoms with Crippen LogP contribution in [0.5, 0.6) is 5.75 Å². The zero-order valence-electron chi connectivity index (χ0n) is 18.2. The molecule has 6 nitrogen and oxygen atoms in total. The second kappa shape index (κ2) is 11.4. The number of benzene rings is 1. The van der Waals surface area contributed by atoms with E-state index < -0.39 is 14.6 Å². The third-order valence-electron chi connectivity index (χ3n) is 5.26. The number of sulfone groups is 1. The molecular formula is C21H36IN3O3S. The zero-order valence-corrected chi connectivity index (χ0v) is 21.4. The van der Waals surface area contributed by atoms with Crippen LogP contribution < -0.4 is 15.4 Å². The summed E-state index contributed by atoms with van der Waals surface area (Å²) < 4.78 is 29.2. The topological polar surface area (TPSA) is 79.8 Å². The normalized spacial score (nSPS) is 15.7. The van der Waals surface area contributed by atoms with Gasteiger partial charge < -0.3 is 15.4 Å². The van der Waals surface area contributed by atoms with Crippen molar-refractivity contribution < 1.29 is 13.2 Å². The third kappa shape index (κ3) is 7.96. The molecule has 0 saturated heterocycles. The van der Waals surface area contributed by atoms with Crippen LogP contribution in [0.1, 0.15) is 57.6 Å². The van der Waals surface area contributed by atoms with E-state index >= 15 is 0 Å². The maximum atomic E-state index is 11.9. The van der Waals surface area contributed by atoms with Crippen LogP contribution in [0.2, 0.25) is 0 Å². The van der Waals surface area contributed by atoms with Crippen LogP contribution in [0.15, 0.2) is 23.2 Å². The lowest BCUT2D eigenvalue weighted by Crippen LogP contribution is -2.47. The van der Waals surface area contributed by atoms with Crippen LogP contribution in [-0.4, -0.2) is 44.6 Å². The number of ether oxygens (including phenoxy) is 1. The first-order chi connectivity index (χ1) is 13.1. The van der Waals surface area contributed by atoms with E-state index in [0.717, 1.165) is 24.2 Å². The highest BCUT2D eigenvalue weighted by Gasteiger charge is 2.30. The molecule has 0 spiro atoms. The van der Waals surface area contributed by atoms with E-state index in [2.05, 4.69) is 40.7 Å². The fourth-order valence-corrected chi connectivity index (χ4v) is 3.36. The molecule has 2 N–H and O–H groups in total. The molecule has 2 rings (SSSR count). The van der Waals surface area contributed by atoms with Gasteiger partial charge in [-0.25, -0.2) is 13.4 Å². The highest BCUT2D eigenvalue weighted by atomic mass is 127. The van der Waals surface area contributed by atoms with Gasteiger partial charge in [-0.2, -0.15) is 0 Å². The number of guanidine groups is 1. The Morgan fingerprint density at radius 3 is 2.48 bits per heavy atom. The van der Waals surface area contributed by atoms with Crippen molar-refractivity contribution in [2.75, 3.05) is 19.3 Å². The molecule has 1 aromatic rings. The Bertz CT molecular complexity index is 788. The highest BCUT2D eigenvalue weighted by Crippen LogP contribution is 2.28. The molecule has 0 heterocycles. The number of aryl methyl sites for hydroxylation is 1. The van der Waals surface area contributed by atoms with Crippen molar-refractivity contribution in [3.05, 3.63) is 29.3 Å². The van der Waals surface area contributed by atoms with Crippen LogP contribution in [0, 0.1) is 6.92 Å². The summed E-state index contributed by atoms with van der Waals surface area (Å²) in [5.41, 5.74) is 2.21. The van der Waals surface area contributed by atoms with Gasteiger partial charge in [0.15, 0.2) is 15.8 Å². The number of aliphatic imine (C=N–C) groups is 1. The van der Waals surface area contributed by atoms with Gasteiger partial charge in [0.25, 0.3) is 0 Å². The Hall–Kier alpha value is -1.03. The lowest BCUT2D eigenvalue weighted by Gasteiger charge is -2.24. The van der Waals surface area contributed by atoms with Crippen molar-refractivity contribution in [3.63, 3.8) is 0 Å². The van der Waals surface area contributed by atoms with Crippen molar-refractivity contribution >= 4 is 39.8 Å². The first-order valence-electron chi connectivity index (χ1n) is 10.1. The van der Waals surface area contributed by atoms with Crippen LogP contribution in [-0.2, 0) is 16.4 Å². The van der Waals surface area contributed by atoms with Crippen molar-refractivity contribution in [2.24, 2.45) is 4.99 Å². The van der Waals surface area contributed by atoms with E-state index in [1.807, 2.05) is 6.92 Å². The van der Waals surface area contributed by atoms with E-state index in [9.17, 15) is 8.42 Å². The number of rotatable bonds is 8. The summed E-state index contributed by atoms with van der Waals surface area (Å²) in [5.74, 6) is 1.51. The SMILES string of the molecule is CCNC(=NCc1ccc(C)cc1OC1CCCC1)NCC(C)(C)S(C)(=O)=O.I. The minimum atomic E-state index is -3.17. The third-order valence-corrected chi connectivity index (χ3v) is 7.41. The Morgan fingerprint density at radius 2 is 1.90 bits per heavy atom. The van der Waals surface area contributed by atoms with E-state index in [1.165, 1.54) is 24.7 Å². The van der Waals surface area contributed by atoms with Crippen molar-refractivity contribution in [1.29, 1.82) is 0 Å². The molecule has 8 heteroatoms.